The van der Waals surface area contributed by atoms with Gasteiger partial charge in [-0.25, -0.2) is 4.79 Å². The van der Waals surface area contributed by atoms with E-state index in [9.17, 15) is 14.4 Å². The molecule has 0 aromatic rings. The van der Waals surface area contributed by atoms with Crippen molar-refractivity contribution in [2.45, 2.75) is 65.3 Å². The van der Waals surface area contributed by atoms with Crippen LogP contribution in [0.25, 0.3) is 0 Å². The topological polar surface area (TPSA) is 95.5 Å². The Morgan fingerprint density at radius 2 is 1.90 bits per heavy atom. The van der Waals surface area contributed by atoms with Gasteiger partial charge in [-0.1, -0.05) is 26.2 Å². The Balaban J connectivity index is 2.39. The number of carboxylic acid groups (broad SMARTS) is 1. The first-order valence-electron chi connectivity index (χ1n) is 7.58. The largest absolute Gasteiger partial charge is 0.481 e. The van der Waals surface area contributed by atoms with Crippen molar-refractivity contribution in [1.29, 1.82) is 0 Å². The molecular formula is C15H26N2O4. The van der Waals surface area contributed by atoms with E-state index in [0.29, 0.717) is 5.92 Å². The highest BCUT2D eigenvalue weighted by atomic mass is 16.4. The lowest BCUT2D eigenvalue weighted by molar-refractivity contribution is -0.149. The molecule has 1 aliphatic rings. The lowest BCUT2D eigenvalue weighted by Gasteiger charge is -2.29. The van der Waals surface area contributed by atoms with Gasteiger partial charge in [0.2, 0.25) is 5.91 Å². The molecule has 3 amide bonds. The van der Waals surface area contributed by atoms with E-state index in [2.05, 4.69) is 17.6 Å². The van der Waals surface area contributed by atoms with Gasteiger partial charge in [0, 0.05) is 12.5 Å². The van der Waals surface area contributed by atoms with Gasteiger partial charge in [-0.3, -0.25) is 14.9 Å². The third-order valence-electron chi connectivity index (χ3n) is 4.13. The zero-order valence-electron chi connectivity index (χ0n) is 13.1. The lowest BCUT2D eigenvalue weighted by Crippen LogP contribution is -2.47. The Kier molecular flexibility index (Phi) is 6.18. The molecule has 0 radical (unpaired) electrons. The summed E-state index contributed by atoms with van der Waals surface area (Å²) in [5, 5.41) is 14.0. The lowest BCUT2D eigenvalue weighted by atomic mass is 9.84. The highest BCUT2D eigenvalue weighted by Crippen LogP contribution is 2.26. The molecule has 6 heteroatoms. The van der Waals surface area contributed by atoms with Crippen LogP contribution in [0.2, 0.25) is 0 Å². The molecule has 0 heterocycles. The van der Waals surface area contributed by atoms with Crippen LogP contribution in [-0.4, -0.2) is 29.1 Å². The van der Waals surface area contributed by atoms with Crippen molar-refractivity contribution in [3.05, 3.63) is 0 Å². The molecule has 1 rings (SSSR count). The molecule has 1 saturated carbocycles. The number of hydrogen-bond donors (Lipinski definition) is 3. The van der Waals surface area contributed by atoms with Crippen molar-refractivity contribution in [3.63, 3.8) is 0 Å². The minimum absolute atomic E-state index is 0.101. The summed E-state index contributed by atoms with van der Waals surface area (Å²) in [5.41, 5.74) is -1.18. The van der Waals surface area contributed by atoms with Crippen LogP contribution in [0.5, 0.6) is 0 Å². The Morgan fingerprint density at radius 1 is 1.24 bits per heavy atom. The van der Waals surface area contributed by atoms with E-state index < -0.39 is 23.3 Å². The van der Waals surface area contributed by atoms with E-state index >= 15 is 0 Å². The molecule has 6 nitrogen and oxygen atoms in total. The fourth-order valence-electron chi connectivity index (χ4n) is 2.66. The quantitative estimate of drug-likeness (QED) is 0.725. The molecule has 0 aromatic heterocycles. The average molecular weight is 298 g/mol. The molecule has 1 fully saturated rings. The van der Waals surface area contributed by atoms with Crippen LogP contribution in [0.15, 0.2) is 0 Å². The molecule has 0 spiro atoms. The summed E-state index contributed by atoms with van der Waals surface area (Å²) in [4.78, 5) is 34.4. The van der Waals surface area contributed by atoms with Gasteiger partial charge >= 0.3 is 12.0 Å². The highest BCUT2D eigenvalue weighted by molar-refractivity contribution is 5.96. The van der Waals surface area contributed by atoms with Gasteiger partial charge < -0.3 is 10.4 Å². The minimum Gasteiger partial charge on any atom is -0.481 e. The van der Waals surface area contributed by atoms with E-state index in [4.69, 9.17) is 5.11 Å². The highest BCUT2D eigenvalue weighted by Gasteiger charge is 2.31. The van der Waals surface area contributed by atoms with Crippen LogP contribution >= 0.6 is 0 Å². The van der Waals surface area contributed by atoms with E-state index in [1.165, 1.54) is 20.3 Å². The van der Waals surface area contributed by atoms with Gasteiger partial charge in [-0.2, -0.15) is 0 Å². The maximum Gasteiger partial charge on any atom is 0.321 e. The number of hydrogen-bond acceptors (Lipinski definition) is 3. The van der Waals surface area contributed by atoms with Crippen molar-refractivity contribution < 1.29 is 19.5 Å². The minimum atomic E-state index is -1.18. The van der Waals surface area contributed by atoms with Gasteiger partial charge in [0.15, 0.2) is 0 Å². The van der Waals surface area contributed by atoms with Gasteiger partial charge in [-0.05, 0) is 32.6 Å². The predicted molar refractivity (Wildman–Crippen MR) is 78.7 cm³/mol. The third kappa shape index (κ3) is 5.73. The van der Waals surface area contributed by atoms with Gasteiger partial charge in [0.25, 0.3) is 0 Å². The molecule has 2 unspecified atom stereocenters. The number of nitrogens with one attached hydrogen (secondary N) is 2. The van der Waals surface area contributed by atoms with Crippen LogP contribution in [0.1, 0.15) is 59.3 Å². The zero-order valence-corrected chi connectivity index (χ0v) is 13.1. The van der Waals surface area contributed by atoms with Crippen LogP contribution in [0, 0.1) is 11.3 Å². The third-order valence-corrected chi connectivity index (χ3v) is 4.13. The van der Waals surface area contributed by atoms with E-state index in [1.807, 2.05) is 0 Å². The number of carbonyl (C=O) groups is 3. The number of aliphatic carboxylic acids is 1. The van der Waals surface area contributed by atoms with Crippen molar-refractivity contribution in [2.75, 3.05) is 0 Å². The van der Waals surface area contributed by atoms with E-state index in [-0.39, 0.29) is 12.5 Å². The first-order valence-corrected chi connectivity index (χ1v) is 7.58. The van der Waals surface area contributed by atoms with Crippen LogP contribution < -0.4 is 10.6 Å². The summed E-state index contributed by atoms with van der Waals surface area (Å²) in [6.45, 7) is 5.06. The summed E-state index contributed by atoms with van der Waals surface area (Å²) in [6, 6.07) is -0.424. The second-order valence-electron chi connectivity index (χ2n) is 6.53. The zero-order chi connectivity index (χ0) is 16.0. The van der Waals surface area contributed by atoms with E-state index in [0.717, 1.165) is 25.7 Å². The maximum absolute atomic E-state index is 11.8. The number of amides is 3. The second kappa shape index (κ2) is 7.43. The first kappa shape index (κ1) is 17.5. The summed E-state index contributed by atoms with van der Waals surface area (Å²) >= 11 is 0. The van der Waals surface area contributed by atoms with Gasteiger partial charge in [-0.15, -0.1) is 0 Å². The normalized spacial score (nSPS) is 22.4. The molecule has 0 bridgehead atoms. The van der Waals surface area contributed by atoms with Gasteiger partial charge in [0.05, 0.1) is 5.41 Å². The number of carboxylic acids is 1. The molecule has 2 atom stereocenters. The summed E-state index contributed by atoms with van der Waals surface area (Å²) in [5.74, 6) is -0.996. The Hall–Kier alpha value is -1.59. The Labute approximate surface area is 125 Å². The summed E-state index contributed by atoms with van der Waals surface area (Å²) in [6.07, 6.45) is 5.03. The monoisotopic (exact) mass is 298 g/mol. The number of carbonyl (C=O) groups excluding carboxylic acids is 2. The summed E-state index contributed by atoms with van der Waals surface area (Å²) < 4.78 is 0. The fourth-order valence-corrected chi connectivity index (χ4v) is 2.66. The molecule has 120 valence electrons. The standard InChI is InChI=1S/C15H26N2O4/c1-4-10-6-5-7-11(8-10)16-14(21)17-12(18)9-15(2,3)13(19)20/h10-11H,4-9H2,1-3H3,(H,19,20)(H2,16,17,18,21). The van der Waals surface area contributed by atoms with Crippen molar-refractivity contribution in [1.82, 2.24) is 10.6 Å². The van der Waals surface area contributed by atoms with Crippen molar-refractivity contribution in [3.8, 4) is 0 Å². The average Bonchev–Trinajstić information content (AvgIpc) is 2.37. The van der Waals surface area contributed by atoms with E-state index in [1.54, 1.807) is 0 Å². The molecule has 0 aliphatic heterocycles. The first-order chi connectivity index (χ1) is 9.74. The van der Waals surface area contributed by atoms with Crippen LogP contribution in [0.4, 0.5) is 4.79 Å². The molecule has 1 aliphatic carbocycles. The Morgan fingerprint density at radius 3 is 2.48 bits per heavy atom. The van der Waals surface area contributed by atoms with Crippen LogP contribution in [0.3, 0.4) is 0 Å². The number of urea groups is 1. The Bertz CT molecular complexity index is 406. The SMILES string of the molecule is CCC1CCCC(NC(=O)NC(=O)CC(C)(C)C(=O)O)C1. The fraction of sp³-hybridized carbons (Fsp3) is 0.800. The molecule has 0 aromatic carbocycles. The summed E-state index contributed by atoms with van der Waals surface area (Å²) in [7, 11) is 0. The second-order valence-corrected chi connectivity index (χ2v) is 6.53. The predicted octanol–water partition coefficient (Wildman–Crippen LogP) is 2.28. The number of rotatable bonds is 5. The van der Waals surface area contributed by atoms with Crippen molar-refractivity contribution in [2.24, 2.45) is 11.3 Å². The maximum atomic E-state index is 11.8. The molecule has 3 N–H and O–H groups in total. The molecular weight excluding hydrogens is 272 g/mol. The molecule has 0 saturated heterocycles. The van der Waals surface area contributed by atoms with Crippen molar-refractivity contribution >= 4 is 17.9 Å². The van der Waals surface area contributed by atoms with Crippen LogP contribution in [-0.2, 0) is 9.59 Å². The molecule has 21 heavy (non-hydrogen) atoms. The number of imide groups is 1. The smallest absolute Gasteiger partial charge is 0.321 e. The van der Waals surface area contributed by atoms with Gasteiger partial charge in [0.1, 0.15) is 0 Å².